The van der Waals surface area contributed by atoms with E-state index in [0.29, 0.717) is 12.4 Å². The standard InChI is InChI=1S/C10H10N4O2S/c1-7-6-17-10(13-7)5-12-9-4-8(14(15)16)2-3-11-9/h2-4,6H,5H2,1H3,(H,11,12). The third-order valence-corrected chi connectivity index (χ3v) is 3.01. The second-order valence-electron chi connectivity index (χ2n) is 3.39. The van der Waals surface area contributed by atoms with Gasteiger partial charge in [0.25, 0.3) is 5.69 Å². The molecule has 0 bridgehead atoms. The molecular weight excluding hydrogens is 240 g/mol. The number of thiazole rings is 1. The summed E-state index contributed by atoms with van der Waals surface area (Å²) in [5.74, 6) is 0.479. The lowest BCUT2D eigenvalue weighted by atomic mass is 10.4. The van der Waals surface area contributed by atoms with Crippen molar-refractivity contribution in [2.24, 2.45) is 0 Å². The van der Waals surface area contributed by atoms with Crippen LogP contribution in [-0.4, -0.2) is 14.9 Å². The van der Waals surface area contributed by atoms with E-state index in [2.05, 4.69) is 15.3 Å². The first-order valence-electron chi connectivity index (χ1n) is 4.90. The van der Waals surface area contributed by atoms with Gasteiger partial charge < -0.3 is 5.32 Å². The van der Waals surface area contributed by atoms with Crippen LogP contribution < -0.4 is 5.32 Å². The van der Waals surface area contributed by atoms with E-state index in [1.54, 1.807) is 11.3 Å². The highest BCUT2D eigenvalue weighted by Crippen LogP contribution is 2.16. The molecule has 0 atom stereocenters. The van der Waals surface area contributed by atoms with Gasteiger partial charge in [-0.3, -0.25) is 10.1 Å². The molecule has 0 saturated carbocycles. The fourth-order valence-corrected chi connectivity index (χ4v) is 1.99. The summed E-state index contributed by atoms with van der Waals surface area (Å²) in [7, 11) is 0. The zero-order valence-electron chi connectivity index (χ0n) is 9.08. The van der Waals surface area contributed by atoms with Crippen molar-refractivity contribution in [3.8, 4) is 0 Å². The number of nitrogens with one attached hydrogen (secondary N) is 1. The van der Waals surface area contributed by atoms with Crippen LogP contribution in [0.1, 0.15) is 10.7 Å². The summed E-state index contributed by atoms with van der Waals surface area (Å²) in [5.41, 5.74) is 0.997. The van der Waals surface area contributed by atoms with E-state index in [1.807, 2.05) is 12.3 Å². The van der Waals surface area contributed by atoms with Gasteiger partial charge in [-0.15, -0.1) is 11.3 Å². The van der Waals surface area contributed by atoms with Crippen molar-refractivity contribution < 1.29 is 4.92 Å². The van der Waals surface area contributed by atoms with Gasteiger partial charge >= 0.3 is 0 Å². The van der Waals surface area contributed by atoms with Gasteiger partial charge in [0, 0.05) is 23.3 Å². The van der Waals surface area contributed by atoms with Crippen molar-refractivity contribution >= 4 is 22.8 Å². The summed E-state index contributed by atoms with van der Waals surface area (Å²) in [4.78, 5) is 18.4. The van der Waals surface area contributed by atoms with Gasteiger partial charge in [0.05, 0.1) is 17.5 Å². The lowest BCUT2D eigenvalue weighted by Crippen LogP contribution is -2.01. The normalized spacial score (nSPS) is 10.2. The third kappa shape index (κ3) is 2.97. The summed E-state index contributed by atoms with van der Waals surface area (Å²) in [6.45, 7) is 2.44. The molecular formula is C10H10N4O2S. The van der Waals surface area contributed by atoms with Crippen LogP contribution in [0, 0.1) is 17.0 Å². The maximum absolute atomic E-state index is 10.6. The molecule has 2 aromatic heterocycles. The smallest absolute Gasteiger partial charge is 0.274 e. The van der Waals surface area contributed by atoms with Gasteiger partial charge in [-0.2, -0.15) is 0 Å². The number of anilines is 1. The molecule has 2 aromatic rings. The number of hydrogen-bond donors (Lipinski definition) is 1. The average Bonchev–Trinajstić information content (AvgIpc) is 2.73. The lowest BCUT2D eigenvalue weighted by Gasteiger charge is -2.02. The first-order valence-corrected chi connectivity index (χ1v) is 5.78. The van der Waals surface area contributed by atoms with E-state index >= 15 is 0 Å². The molecule has 6 nitrogen and oxygen atoms in total. The Kier molecular flexibility index (Phi) is 3.29. The number of pyridine rings is 1. The molecule has 0 aliphatic carbocycles. The molecule has 2 rings (SSSR count). The molecule has 0 aliphatic heterocycles. The van der Waals surface area contributed by atoms with Crippen LogP contribution in [0.3, 0.4) is 0 Å². The Balaban J connectivity index is 2.04. The molecule has 0 spiro atoms. The summed E-state index contributed by atoms with van der Waals surface area (Å²) in [6, 6.07) is 2.76. The number of aryl methyl sites for hydroxylation is 1. The Morgan fingerprint density at radius 2 is 2.41 bits per heavy atom. The Labute approximate surface area is 102 Å². The van der Waals surface area contributed by atoms with Crippen LogP contribution in [0.2, 0.25) is 0 Å². The molecule has 0 amide bonds. The summed E-state index contributed by atoms with van der Waals surface area (Å²) < 4.78 is 0. The van der Waals surface area contributed by atoms with Gasteiger partial charge in [0.2, 0.25) is 0 Å². The van der Waals surface area contributed by atoms with Gasteiger partial charge in [0.1, 0.15) is 10.8 Å². The zero-order valence-corrected chi connectivity index (χ0v) is 9.90. The Morgan fingerprint density at radius 1 is 1.59 bits per heavy atom. The number of nitro groups is 1. The third-order valence-electron chi connectivity index (χ3n) is 2.04. The predicted molar refractivity (Wildman–Crippen MR) is 65.1 cm³/mol. The van der Waals surface area contributed by atoms with E-state index in [1.165, 1.54) is 18.3 Å². The number of aromatic nitrogens is 2. The maximum atomic E-state index is 10.6. The minimum absolute atomic E-state index is 0.0258. The van der Waals surface area contributed by atoms with Crippen LogP contribution in [0.25, 0.3) is 0 Å². The molecule has 2 heterocycles. The summed E-state index contributed by atoms with van der Waals surface area (Å²) in [6.07, 6.45) is 1.41. The Morgan fingerprint density at radius 3 is 3.06 bits per heavy atom. The second-order valence-corrected chi connectivity index (χ2v) is 4.34. The van der Waals surface area contributed by atoms with Crippen molar-refractivity contribution in [3.05, 3.63) is 44.5 Å². The van der Waals surface area contributed by atoms with Crippen LogP contribution in [-0.2, 0) is 6.54 Å². The van der Waals surface area contributed by atoms with Gasteiger partial charge in [-0.25, -0.2) is 9.97 Å². The fourth-order valence-electron chi connectivity index (χ4n) is 1.28. The monoisotopic (exact) mass is 250 g/mol. The first kappa shape index (κ1) is 11.5. The summed E-state index contributed by atoms with van der Waals surface area (Å²) in [5, 5.41) is 16.5. The average molecular weight is 250 g/mol. The second kappa shape index (κ2) is 4.88. The van der Waals surface area contributed by atoms with E-state index in [9.17, 15) is 10.1 Å². The highest BCUT2D eigenvalue weighted by molar-refractivity contribution is 7.09. The number of rotatable bonds is 4. The molecule has 0 fully saturated rings. The minimum atomic E-state index is -0.444. The molecule has 0 unspecified atom stereocenters. The molecule has 7 heteroatoms. The quantitative estimate of drug-likeness (QED) is 0.665. The lowest BCUT2D eigenvalue weighted by molar-refractivity contribution is -0.384. The number of nitrogens with zero attached hydrogens (tertiary/aromatic N) is 3. The largest absolute Gasteiger partial charge is 0.363 e. The highest BCUT2D eigenvalue weighted by atomic mass is 32.1. The van der Waals surface area contributed by atoms with Crippen LogP contribution in [0.5, 0.6) is 0 Å². The van der Waals surface area contributed by atoms with Crippen molar-refractivity contribution in [1.29, 1.82) is 0 Å². The van der Waals surface area contributed by atoms with E-state index in [0.717, 1.165) is 10.7 Å². The van der Waals surface area contributed by atoms with Crippen molar-refractivity contribution in [1.82, 2.24) is 9.97 Å². The molecule has 0 saturated heterocycles. The van der Waals surface area contributed by atoms with Crippen LogP contribution in [0.4, 0.5) is 11.5 Å². The highest BCUT2D eigenvalue weighted by Gasteiger charge is 2.06. The Hall–Kier alpha value is -2.02. The van der Waals surface area contributed by atoms with Gasteiger partial charge in [-0.05, 0) is 6.92 Å². The van der Waals surface area contributed by atoms with Crippen molar-refractivity contribution in [2.45, 2.75) is 13.5 Å². The van der Waals surface area contributed by atoms with E-state index < -0.39 is 4.92 Å². The summed E-state index contributed by atoms with van der Waals surface area (Å²) >= 11 is 1.54. The van der Waals surface area contributed by atoms with Gasteiger partial charge in [-0.1, -0.05) is 0 Å². The molecule has 0 radical (unpaired) electrons. The van der Waals surface area contributed by atoms with Crippen molar-refractivity contribution in [3.63, 3.8) is 0 Å². The molecule has 88 valence electrons. The van der Waals surface area contributed by atoms with Crippen LogP contribution >= 0.6 is 11.3 Å². The van der Waals surface area contributed by atoms with Crippen molar-refractivity contribution in [2.75, 3.05) is 5.32 Å². The minimum Gasteiger partial charge on any atom is -0.363 e. The fraction of sp³-hybridized carbons (Fsp3) is 0.200. The SMILES string of the molecule is Cc1csc(CNc2cc([N+](=O)[O-])ccn2)n1. The first-order chi connectivity index (χ1) is 8.15. The van der Waals surface area contributed by atoms with Crippen LogP contribution in [0.15, 0.2) is 23.7 Å². The molecule has 0 aromatic carbocycles. The number of hydrogen-bond acceptors (Lipinski definition) is 6. The molecule has 1 N–H and O–H groups in total. The topological polar surface area (TPSA) is 81.0 Å². The van der Waals surface area contributed by atoms with E-state index in [-0.39, 0.29) is 5.69 Å². The predicted octanol–water partition coefficient (Wildman–Crippen LogP) is 2.37. The zero-order chi connectivity index (χ0) is 12.3. The van der Waals surface area contributed by atoms with Gasteiger partial charge in [0.15, 0.2) is 0 Å². The molecule has 17 heavy (non-hydrogen) atoms. The van der Waals surface area contributed by atoms with E-state index in [4.69, 9.17) is 0 Å². The maximum Gasteiger partial charge on any atom is 0.274 e. The Bertz CT molecular complexity index is 541. The molecule has 0 aliphatic rings.